The first-order valence-electron chi connectivity index (χ1n) is 7.35. The Morgan fingerprint density at radius 2 is 2.05 bits per heavy atom. The third-order valence-electron chi connectivity index (χ3n) is 3.36. The van der Waals surface area contributed by atoms with E-state index in [1.807, 2.05) is 12.3 Å². The topological polar surface area (TPSA) is 34.1 Å². The first kappa shape index (κ1) is 14.3. The minimum Gasteiger partial charge on any atom is -0.474 e. The maximum absolute atomic E-state index is 5.88. The van der Waals surface area contributed by atoms with Crippen LogP contribution in [0, 0.1) is 0 Å². The van der Waals surface area contributed by atoms with Crippen LogP contribution >= 0.6 is 0 Å². The van der Waals surface area contributed by atoms with Gasteiger partial charge in [-0.15, -0.1) is 0 Å². The number of rotatable bonds is 5. The van der Waals surface area contributed by atoms with Crippen LogP contribution in [0.2, 0.25) is 0 Å². The maximum atomic E-state index is 5.88. The molecule has 0 saturated heterocycles. The van der Waals surface area contributed by atoms with Gasteiger partial charge < -0.3 is 10.1 Å². The fourth-order valence-corrected chi connectivity index (χ4v) is 2.48. The zero-order valence-corrected chi connectivity index (χ0v) is 12.6. The summed E-state index contributed by atoms with van der Waals surface area (Å²) in [6.07, 6.45) is 6.66. The SMILES string of the molecule is CCCc1ccc(O[C@H]2C[C@@H](NC(C)(C)C)C2)nc1. The number of hydrogen-bond donors (Lipinski definition) is 1. The molecule has 0 bridgehead atoms. The molecule has 3 nitrogen and oxygen atoms in total. The monoisotopic (exact) mass is 262 g/mol. The number of ether oxygens (including phenoxy) is 1. The summed E-state index contributed by atoms with van der Waals surface area (Å²) in [6, 6.07) is 4.70. The van der Waals surface area contributed by atoms with E-state index >= 15 is 0 Å². The molecule has 0 aliphatic heterocycles. The van der Waals surface area contributed by atoms with E-state index in [1.165, 1.54) is 5.56 Å². The molecular weight excluding hydrogens is 236 g/mol. The lowest BCUT2D eigenvalue weighted by Gasteiger charge is -2.39. The number of nitrogens with zero attached hydrogens (tertiary/aromatic N) is 1. The van der Waals surface area contributed by atoms with Crippen LogP contribution < -0.4 is 10.1 Å². The molecule has 2 rings (SSSR count). The second kappa shape index (κ2) is 5.91. The Hall–Kier alpha value is -1.09. The lowest BCUT2D eigenvalue weighted by atomic mass is 9.87. The summed E-state index contributed by atoms with van der Waals surface area (Å²) < 4.78 is 5.88. The van der Waals surface area contributed by atoms with Crippen LogP contribution in [0.5, 0.6) is 5.88 Å². The van der Waals surface area contributed by atoms with Gasteiger partial charge in [0.1, 0.15) is 6.10 Å². The third kappa shape index (κ3) is 4.50. The lowest BCUT2D eigenvalue weighted by molar-refractivity contribution is 0.0694. The summed E-state index contributed by atoms with van der Waals surface area (Å²) in [7, 11) is 0. The molecule has 106 valence electrons. The second-order valence-corrected chi connectivity index (χ2v) is 6.56. The Kier molecular flexibility index (Phi) is 4.46. The van der Waals surface area contributed by atoms with Crippen molar-refractivity contribution in [3.05, 3.63) is 23.9 Å². The van der Waals surface area contributed by atoms with Crippen molar-refractivity contribution in [3.63, 3.8) is 0 Å². The molecule has 0 radical (unpaired) electrons. The van der Waals surface area contributed by atoms with E-state index in [1.54, 1.807) is 0 Å². The Bertz CT molecular complexity index is 388. The summed E-state index contributed by atoms with van der Waals surface area (Å²) in [5.41, 5.74) is 1.48. The number of pyridine rings is 1. The van der Waals surface area contributed by atoms with Gasteiger partial charge in [0, 0.05) is 23.8 Å². The fraction of sp³-hybridized carbons (Fsp3) is 0.688. The van der Waals surface area contributed by atoms with Gasteiger partial charge in [-0.2, -0.15) is 0 Å². The highest BCUT2D eigenvalue weighted by molar-refractivity contribution is 5.18. The van der Waals surface area contributed by atoms with Crippen molar-refractivity contribution >= 4 is 0 Å². The summed E-state index contributed by atoms with van der Waals surface area (Å²) >= 11 is 0. The Morgan fingerprint density at radius 3 is 2.58 bits per heavy atom. The number of aromatic nitrogens is 1. The Balaban J connectivity index is 1.75. The zero-order chi connectivity index (χ0) is 13.9. The largest absolute Gasteiger partial charge is 0.474 e. The van der Waals surface area contributed by atoms with Crippen molar-refractivity contribution in [2.45, 2.75) is 71.1 Å². The average molecular weight is 262 g/mol. The molecule has 0 amide bonds. The predicted octanol–water partition coefficient (Wildman–Crippen LogP) is 3.33. The van der Waals surface area contributed by atoms with E-state index < -0.39 is 0 Å². The summed E-state index contributed by atoms with van der Waals surface area (Å²) in [4.78, 5) is 4.38. The van der Waals surface area contributed by atoms with Crippen molar-refractivity contribution in [2.75, 3.05) is 0 Å². The number of nitrogens with one attached hydrogen (secondary N) is 1. The molecule has 19 heavy (non-hydrogen) atoms. The number of hydrogen-bond acceptors (Lipinski definition) is 3. The lowest BCUT2D eigenvalue weighted by Crippen LogP contribution is -2.53. The molecule has 1 fully saturated rings. The normalized spacial score (nSPS) is 22.9. The third-order valence-corrected chi connectivity index (χ3v) is 3.36. The molecule has 1 aromatic rings. The molecule has 1 saturated carbocycles. The van der Waals surface area contributed by atoms with Crippen molar-refractivity contribution in [1.82, 2.24) is 10.3 Å². The molecule has 3 heteroatoms. The van der Waals surface area contributed by atoms with Gasteiger partial charge in [0.15, 0.2) is 0 Å². The molecule has 0 unspecified atom stereocenters. The van der Waals surface area contributed by atoms with Gasteiger partial charge in [-0.3, -0.25) is 0 Å². The number of aryl methyl sites for hydroxylation is 1. The maximum Gasteiger partial charge on any atom is 0.213 e. The van der Waals surface area contributed by atoms with Gasteiger partial charge >= 0.3 is 0 Å². The van der Waals surface area contributed by atoms with E-state index in [2.05, 4.69) is 44.1 Å². The van der Waals surface area contributed by atoms with Crippen LogP contribution in [-0.2, 0) is 6.42 Å². The van der Waals surface area contributed by atoms with E-state index in [-0.39, 0.29) is 5.54 Å². The van der Waals surface area contributed by atoms with Crippen molar-refractivity contribution in [3.8, 4) is 5.88 Å². The quantitative estimate of drug-likeness (QED) is 0.883. The minimum atomic E-state index is 0.190. The highest BCUT2D eigenvalue weighted by Crippen LogP contribution is 2.26. The first-order valence-corrected chi connectivity index (χ1v) is 7.35. The van der Waals surface area contributed by atoms with E-state index in [9.17, 15) is 0 Å². The van der Waals surface area contributed by atoms with Gasteiger partial charge in [0.05, 0.1) is 0 Å². The van der Waals surface area contributed by atoms with Gasteiger partial charge in [0.2, 0.25) is 5.88 Å². The smallest absolute Gasteiger partial charge is 0.213 e. The first-order chi connectivity index (χ1) is 8.96. The van der Waals surface area contributed by atoms with E-state index in [0.29, 0.717) is 12.1 Å². The summed E-state index contributed by atoms with van der Waals surface area (Å²) in [5, 5.41) is 3.60. The van der Waals surface area contributed by atoms with Crippen LogP contribution in [0.25, 0.3) is 0 Å². The second-order valence-electron chi connectivity index (χ2n) is 6.56. The van der Waals surface area contributed by atoms with Crippen LogP contribution in [0.1, 0.15) is 52.5 Å². The average Bonchev–Trinajstić information content (AvgIpc) is 2.27. The van der Waals surface area contributed by atoms with Crippen molar-refractivity contribution < 1.29 is 4.74 Å². The molecule has 1 aliphatic carbocycles. The molecule has 0 spiro atoms. The van der Waals surface area contributed by atoms with Gasteiger partial charge in [-0.25, -0.2) is 4.98 Å². The van der Waals surface area contributed by atoms with Crippen LogP contribution in [0.3, 0.4) is 0 Å². The van der Waals surface area contributed by atoms with Gasteiger partial charge in [-0.1, -0.05) is 19.4 Å². The molecular formula is C16H26N2O. The van der Waals surface area contributed by atoms with Crippen molar-refractivity contribution in [1.29, 1.82) is 0 Å². The molecule has 1 aliphatic rings. The molecule has 0 aromatic carbocycles. The van der Waals surface area contributed by atoms with Crippen LogP contribution in [-0.4, -0.2) is 22.7 Å². The summed E-state index contributed by atoms with van der Waals surface area (Å²) in [6.45, 7) is 8.79. The molecule has 1 N–H and O–H groups in total. The Labute approximate surface area is 116 Å². The molecule has 1 aromatic heterocycles. The van der Waals surface area contributed by atoms with E-state index in [4.69, 9.17) is 4.74 Å². The Morgan fingerprint density at radius 1 is 1.32 bits per heavy atom. The summed E-state index contributed by atoms with van der Waals surface area (Å²) in [5.74, 6) is 0.763. The minimum absolute atomic E-state index is 0.190. The van der Waals surface area contributed by atoms with Gasteiger partial charge in [-0.05, 0) is 45.6 Å². The predicted molar refractivity (Wildman–Crippen MR) is 78.6 cm³/mol. The fourth-order valence-electron chi connectivity index (χ4n) is 2.48. The molecule has 1 heterocycles. The standard InChI is InChI=1S/C16H26N2O/c1-5-6-12-7-8-15(17-11-12)19-14-9-13(10-14)18-16(2,3)4/h7-8,11,13-14,18H,5-6,9-10H2,1-4H3/t13-,14+. The van der Waals surface area contributed by atoms with Crippen molar-refractivity contribution in [2.24, 2.45) is 0 Å². The molecule has 0 atom stereocenters. The van der Waals surface area contributed by atoms with Gasteiger partial charge in [0.25, 0.3) is 0 Å². The van der Waals surface area contributed by atoms with Crippen LogP contribution in [0.4, 0.5) is 0 Å². The zero-order valence-electron chi connectivity index (χ0n) is 12.6. The highest BCUT2D eigenvalue weighted by Gasteiger charge is 2.33. The van der Waals surface area contributed by atoms with E-state index in [0.717, 1.165) is 31.6 Å². The van der Waals surface area contributed by atoms with Crippen LogP contribution in [0.15, 0.2) is 18.3 Å². The highest BCUT2D eigenvalue weighted by atomic mass is 16.5.